The SMILES string of the molecule is O=C(Nc1ccc2c(c1)CCCN2C(=O)c1ccccc1)Oc1ccccc1. The molecule has 3 aromatic rings. The molecule has 0 aromatic heterocycles. The average Bonchev–Trinajstić information content (AvgIpc) is 2.74. The van der Waals surface area contributed by atoms with Gasteiger partial charge in [0.05, 0.1) is 0 Å². The van der Waals surface area contributed by atoms with Crippen molar-refractivity contribution < 1.29 is 14.3 Å². The fourth-order valence-corrected chi connectivity index (χ4v) is 3.36. The number of para-hydroxylation sites is 1. The Balaban J connectivity index is 1.50. The summed E-state index contributed by atoms with van der Waals surface area (Å²) in [5.74, 6) is 0.475. The van der Waals surface area contributed by atoms with E-state index < -0.39 is 6.09 Å². The van der Waals surface area contributed by atoms with E-state index in [4.69, 9.17) is 4.74 Å². The van der Waals surface area contributed by atoms with Crippen LogP contribution in [0.1, 0.15) is 22.3 Å². The summed E-state index contributed by atoms with van der Waals surface area (Å²) in [6.07, 6.45) is 1.19. The van der Waals surface area contributed by atoms with Gasteiger partial charge in [-0.1, -0.05) is 36.4 Å². The number of benzene rings is 3. The van der Waals surface area contributed by atoms with Gasteiger partial charge in [0.2, 0.25) is 0 Å². The summed E-state index contributed by atoms with van der Waals surface area (Å²) in [5, 5.41) is 2.75. The van der Waals surface area contributed by atoms with Crippen molar-refractivity contribution in [3.8, 4) is 5.75 Å². The van der Waals surface area contributed by atoms with Crippen molar-refractivity contribution in [2.45, 2.75) is 12.8 Å². The standard InChI is InChI=1S/C23H20N2O3/c26-22(17-8-3-1-4-9-17)25-15-7-10-18-16-19(13-14-21(18)25)24-23(27)28-20-11-5-2-6-12-20/h1-6,8-9,11-14,16H,7,10,15H2,(H,24,27). The molecule has 0 saturated heterocycles. The molecule has 0 aliphatic carbocycles. The van der Waals surface area contributed by atoms with E-state index in [1.807, 2.05) is 48.5 Å². The van der Waals surface area contributed by atoms with E-state index in [9.17, 15) is 9.59 Å². The van der Waals surface area contributed by atoms with E-state index in [0.29, 0.717) is 23.5 Å². The minimum atomic E-state index is -0.542. The highest BCUT2D eigenvalue weighted by Gasteiger charge is 2.23. The van der Waals surface area contributed by atoms with Crippen molar-refractivity contribution >= 4 is 23.4 Å². The van der Waals surface area contributed by atoms with Gasteiger partial charge in [-0.15, -0.1) is 0 Å². The fraction of sp³-hybridized carbons (Fsp3) is 0.130. The Labute approximate surface area is 163 Å². The highest BCUT2D eigenvalue weighted by molar-refractivity contribution is 6.07. The lowest BCUT2D eigenvalue weighted by Gasteiger charge is -2.30. The Morgan fingerprint density at radius 2 is 1.61 bits per heavy atom. The van der Waals surface area contributed by atoms with Crippen molar-refractivity contribution in [3.05, 3.63) is 90.0 Å². The van der Waals surface area contributed by atoms with Crippen LogP contribution >= 0.6 is 0 Å². The van der Waals surface area contributed by atoms with Crippen LogP contribution in [-0.2, 0) is 6.42 Å². The topological polar surface area (TPSA) is 58.6 Å². The van der Waals surface area contributed by atoms with Crippen molar-refractivity contribution in [1.82, 2.24) is 0 Å². The Kier molecular flexibility index (Phi) is 5.06. The maximum Gasteiger partial charge on any atom is 0.417 e. The van der Waals surface area contributed by atoms with E-state index in [1.54, 1.807) is 35.2 Å². The monoisotopic (exact) mass is 372 g/mol. The number of carbonyl (C=O) groups excluding carboxylic acids is 2. The number of amides is 2. The summed E-state index contributed by atoms with van der Waals surface area (Å²) in [4.78, 5) is 26.8. The zero-order valence-corrected chi connectivity index (χ0v) is 15.3. The van der Waals surface area contributed by atoms with Gasteiger partial charge >= 0.3 is 6.09 Å². The molecule has 0 saturated carbocycles. The number of hydrogen-bond donors (Lipinski definition) is 1. The lowest BCUT2D eigenvalue weighted by molar-refractivity contribution is 0.0985. The Morgan fingerprint density at radius 1 is 0.893 bits per heavy atom. The second-order valence-electron chi connectivity index (χ2n) is 6.60. The number of nitrogens with zero attached hydrogens (tertiary/aromatic N) is 1. The molecule has 5 nitrogen and oxygen atoms in total. The third-order valence-electron chi connectivity index (χ3n) is 4.66. The van der Waals surface area contributed by atoms with Gasteiger partial charge < -0.3 is 9.64 Å². The number of ether oxygens (including phenoxy) is 1. The van der Waals surface area contributed by atoms with Gasteiger partial charge in [-0.05, 0) is 60.9 Å². The molecule has 0 unspecified atom stereocenters. The molecule has 0 spiro atoms. The first kappa shape index (κ1) is 17.8. The average molecular weight is 372 g/mol. The Morgan fingerprint density at radius 3 is 2.36 bits per heavy atom. The summed E-state index contributed by atoms with van der Waals surface area (Å²) < 4.78 is 5.26. The third-order valence-corrected chi connectivity index (χ3v) is 4.66. The predicted octanol–water partition coefficient (Wildman–Crippen LogP) is 4.89. The number of fused-ring (bicyclic) bond motifs is 1. The largest absolute Gasteiger partial charge is 0.417 e. The molecule has 140 valence electrons. The number of carbonyl (C=O) groups is 2. The van der Waals surface area contributed by atoms with Gasteiger partial charge in [0.1, 0.15) is 5.75 Å². The van der Waals surface area contributed by atoms with E-state index >= 15 is 0 Å². The summed E-state index contributed by atoms with van der Waals surface area (Å²) >= 11 is 0. The maximum atomic E-state index is 12.9. The van der Waals surface area contributed by atoms with Crippen LogP contribution in [0, 0.1) is 0 Å². The number of nitrogens with one attached hydrogen (secondary N) is 1. The quantitative estimate of drug-likeness (QED) is 0.712. The lowest BCUT2D eigenvalue weighted by Crippen LogP contribution is -2.35. The molecular weight excluding hydrogens is 352 g/mol. The van der Waals surface area contributed by atoms with Crippen LogP contribution in [0.15, 0.2) is 78.9 Å². The number of anilines is 2. The van der Waals surface area contributed by atoms with Gasteiger partial charge in [0.15, 0.2) is 0 Å². The van der Waals surface area contributed by atoms with Crippen LogP contribution in [0.25, 0.3) is 0 Å². The first-order valence-corrected chi connectivity index (χ1v) is 9.24. The minimum absolute atomic E-state index is 0.00857. The molecule has 0 radical (unpaired) electrons. The molecule has 0 atom stereocenters. The van der Waals surface area contributed by atoms with Crippen LogP contribution in [0.2, 0.25) is 0 Å². The van der Waals surface area contributed by atoms with Gasteiger partial charge in [-0.25, -0.2) is 4.79 Å². The van der Waals surface area contributed by atoms with Crippen molar-refractivity contribution in [2.24, 2.45) is 0 Å². The lowest BCUT2D eigenvalue weighted by atomic mass is 10.00. The van der Waals surface area contributed by atoms with Gasteiger partial charge in [0, 0.05) is 23.5 Å². The summed E-state index contributed by atoms with van der Waals surface area (Å²) in [5.41, 5.74) is 3.24. The molecule has 0 bridgehead atoms. The second kappa shape index (κ2) is 7.96. The molecule has 4 rings (SSSR count). The van der Waals surface area contributed by atoms with Crippen LogP contribution < -0.4 is 15.0 Å². The number of hydrogen-bond acceptors (Lipinski definition) is 3. The summed E-state index contributed by atoms with van der Waals surface area (Å²) in [7, 11) is 0. The van der Waals surface area contributed by atoms with Crippen molar-refractivity contribution in [3.63, 3.8) is 0 Å². The van der Waals surface area contributed by atoms with E-state index in [1.165, 1.54) is 0 Å². The van der Waals surface area contributed by atoms with E-state index in [-0.39, 0.29) is 5.91 Å². The van der Waals surface area contributed by atoms with Crippen molar-refractivity contribution in [2.75, 3.05) is 16.8 Å². The first-order valence-electron chi connectivity index (χ1n) is 9.24. The van der Waals surface area contributed by atoms with Crippen LogP contribution in [-0.4, -0.2) is 18.5 Å². The smallest absolute Gasteiger partial charge is 0.410 e. The van der Waals surface area contributed by atoms with Crippen LogP contribution in [0.4, 0.5) is 16.2 Å². The number of aryl methyl sites for hydroxylation is 1. The second-order valence-corrected chi connectivity index (χ2v) is 6.60. The maximum absolute atomic E-state index is 12.9. The zero-order valence-electron chi connectivity index (χ0n) is 15.3. The third kappa shape index (κ3) is 3.88. The van der Waals surface area contributed by atoms with E-state index in [0.717, 1.165) is 24.1 Å². The molecule has 2 amide bonds. The highest BCUT2D eigenvalue weighted by atomic mass is 16.6. The van der Waals surface area contributed by atoms with E-state index in [2.05, 4.69) is 5.32 Å². The Hall–Kier alpha value is -3.60. The predicted molar refractivity (Wildman–Crippen MR) is 109 cm³/mol. The van der Waals surface area contributed by atoms with Crippen LogP contribution in [0.5, 0.6) is 5.75 Å². The first-order chi connectivity index (χ1) is 13.7. The van der Waals surface area contributed by atoms with Gasteiger partial charge in [0.25, 0.3) is 5.91 Å². The van der Waals surface area contributed by atoms with Crippen LogP contribution in [0.3, 0.4) is 0 Å². The number of rotatable bonds is 3. The Bertz CT molecular complexity index is 987. The molecule has 1 N–H and O–H groups in total. The molecule has 1 aliphatic heterocycles. The van der Waals surface area contributed by atoms with Gasteiger partial charge in [-0.2, -0.15) is 0 Å². The molecule has 0 fully saturated rings. The zero-order chi connectivity index (χ0) is 19.3. The molecular formula is C23H20N2O3. The fourth-order valence-electron chi connectivity index (χ4n) is 3.36. The molecule has 1 heterocycles. The molecule has 28 heavy (non-hydrogen) atoms. The summed E-state index contributed by atoms with van der Waals surface area (Å²) in [6.45, 7) is 0.684. The normalized spacial score (nSPS) is 12.8. The van der Waals surface area contributed by atoms with Crippen molar-refractivity contribution in [1.29, 1.82) is 0 Å². The van der Waals surface area contributed by atoms with Gasteiger partial charge in [-0.3, -0.25) is 10.1 Å². The highest BCUT2D eigenvalue weighted by Crippen LogP contribution is 2.31. The molecule has 1 aliphatic rings. The minimum Gasteiger partial charge on any atom is -0.410 e. The molecule has 3 aromatic carbocycles. The summed E-state index contributed by atoms with van der Waals surface area (Å²) in [6, 6.07) is 23.8. The molecule has 5 heteroatoms.